The molecular weight excluding hydrogens is 463 g/mol. The fraction of sp³-hybridized carbons (Fsp3) is 0.261. The Hall–Kier alpha value is -3.01. The van der Waals surface area contributed by atoms with Gasteiger partial charge in [0, 0.05) is 18.1 Å². The van der Waals surface area contributed by atoms with Gasteiger partial charge < -0.3 is 4.98 Å². The van der Waals surface area contributed by atoms with Crippen LogP contribution in [0.2, 0.25) is 0 Å². The SMILES string of the molecule is CC(C)(C)[C@@H](CC(=O)c1cc(=O)[nH]c(-c2ccccc2)n1)c1ccc(S(F)(F)(F)(F)F)cc1. The molecule has 0 aliphatic rings. The van der Waals surface area contributed by atoms with Gasteiger partial charge in [0.05, 0.1) is 0 Å². The molecule has 4 nitrogen and oxygen atoms in total. The lowest BCUT2D eigenvalue weighted by atomic mass is 9.73. The number of aromatic nitrogens is 2. The van der Waals surface area contributed by atoms with Gasteiger partial charge in [-0.05, 0) is 29.0 Å². The number of H-pyrrole nitrogens is 1. The molecule has 0 bridgehead atoms. The van der Waals surface area contributed by atoms with Crippen LogP contribution in [0, 0.1) is 5.41 Å². The molecular formula is C23H23F5N2O2S. The maximum atomic E-state index is 13.1. The highest BCUT2D eigenvalue weighted by molar-refractivity contribution is 8.45. The zero-order chi connectivity index (χ0) is 24.7. The zero-order valence-electron chi connectivity index (χ0n) is 18.1. The van der Waals surface area contributed by atoms with Crippen LogP contribution >= 0.6 is 10.2 Å². The van der Waals surface area contributed by atoms with Gasteiger partial charge >= 0.3 is 10.2 Å². The van der Waals surface area contributed by atoms with E-state index in [-0.39, 0.29) is 17.9 Å². The van der Waals surface area contributed by atoms with Crippen LogP contribution in [0.1, 0.15) is 49.2 Å². The number of nitrogens with zero attached hydrogens (tertiary/aromatic N) is 1. The van der Waals surface area contributed by atoms with Gasteiger partial charge in [-0.1, -0.05) is 82.7 Å². The number of halogens is 5. The standard InChI is InChI=1S/C23H23F5N2O2S/c1-23(2,3)18(15-9-11-17(12-10-15)33(24,25,26,27)28)13-20(31)19-14-21(32)30-22(29-19)16-7-5-4-6-8-16/h4-12,14,18H,13H2,1-3H3,(H,29,30,32)/t18-/m0/s1. The van der Waals surface area contributed by atoms with Crippen molar-refractivity contribution < 1.29 is 24.2 Å². The molecule has 1 heterocycles. The number of carbonyl (C=O) groups excluding carboxylic acids is 1. The van der Waals surface area contributed by atoms with Crippen molar-refractivity contribution in [3.05, 3.63) is 82.3 Å². The predicted octanol–water partition coefficient (Wildman–Crippen LogP) is 7.50. The molecule has 0 fully saturated rings. The number of aromatic amines is 1. The highest BCUT2D eigenvalue weighted by atomic mass is 32.5. The minimum absolute atomic E-state index is 0.0875. The number of benzene rings is 2. The molecule has 1 aromatic heterocycles. The van der Waals surface area contributed by atoms with Crippen molar-refractivity contribution in [1.29, 1.82) is 0 Å². The topological polar surface area (TPSA) is 62.8 Å². The van der Waals surface area contributed by atoms with Gasteiger partial charge in [0.2, 0.25) is 0 Å². The quantitative estimate of drug-likeness (QED) is 0.290. The second-order valence-electron chi connectivity index (χ2n) is 8.93. The van der Waals surface area contributed by atoms with Gasteiger partial charge in [-0.25, -0.2) is 4.98 Å². The van der Waals surface area contributed by atoms with E-state index in [1.165, 1.54) is 0 Å². The van der Waals surface area contributed by atoms with E-state index < -0.39 is 37.8 Å². The van der Waals surface area contributed by atoms with Crippen LogP contribution < -0.4 is 5.56 Å². The van der Waals surface area contributed by atoms with Crippen LogP contribution in [0.15, 0.2) is 70.4 Å². The van der Waals surface area contributed by atoms with Crippen molar-refractivity contribution in [2.45, 2.75) is 38.0 Å². The third-order valence-electron chi connectivity index (χ3n) is 5.24. The average Bonchev–Trinajstić information content (AvgIpc) is 2.69. The molecule has 178 valence electrons. The van der Waals surface area contributed by atoms with Crippen LogP contribution in [0.3, 0.4) is 0 Å². The van der Waals surface area contributed by atoms with Crippen LogP contribution in [-0.2, 0) is 0 Å². The first-order valence-corrected chi connectivity index (χ1v) is 11.9. The maximum absolute atomic E-state index is 13.1. The summed E-state index contributed by atoms with van der Waals surface area (Å²) in [6.07, 6.45) is -0.177. The molecule has 0 aliphatic heterocycles. The summed E-state index contributed by atoms with van der Waals surface area (Å²) in [5, 5.41) is 0. The van der Waals surface area contributed by atoms with Gasteiger partial charge in [0.25, 0.3) is 5.56 Å². The fourth-order valence-corrected chi connectivity index (χ4v) is 4.15. The molecule has 0 unspecified atom stereocenters. The number of nitrogens with one attached hydrogen (secondary N) is 1. The first kappa shape index (κ1) is 24.6. The molecule has 1 N–H and O–H groups in total. The molecule has 10 heteroatoms. The molecule has 0 spiro atoms. The summed E-state index contributed by atoms with van der Waals surface area (Å²) in [5.41, 5.74) is -0.317. The Bertz CT molecular complexity index is 1230. The normalized spacial score (nSPS) is 15.4. The van der Waals surface area contributed by atoms with E-state index >= 15 is 0 Å². The number of Topliss-reactive ketones (excluding diaryl/α,β-unsaturated/α-hetero) is 1. The van der Waals surface area contributed by atoms with Crippen LogP contribution in [0.4, 0.5) is 19.4 Å². The highest BCUT2D eigenvalue weighted by Crippen LogP contribution is 3.02. The largest absolute Gasteiger partial charge is 0.310 e. The molecule has 33 heavy (non-hydrogen) atoms. The molecule has 1 atom stereocenters. The Kier molecular flexibility index (Phi) is 5.61. The van der Waals surface area contributed by atoms with E-state index in [1.54, 1.807) is 51.1 Å². The number of carbonyl (C=O) groups is 1. The van der Waals surface area contributed by atoms with E-state index in [0.717, 1.165) is 18.2 Å². The molecule has 0 saturated heterocycles. The number of rotatable bonds is 6. The molecule has 0 radical (unpaired) electrons. The lowest BCUT2D eigenvalue weighted by molar-refractivity contribution is 0.0946. The number of ketones is 1. The van der Waals surface area contributed by atoms with Crippen molar-refractivity contribution in [2.75, 3.05) is 0 Å². The Balaban J connectivity index is 1.95. The lowest BCUT2D eigenvalue weighted by Gasteiger charge is -2.40. The highest BCUT2D eigenvalue weighted by Gasteiger charge is 2.65. The Morgan fingerprint density at radius 2 is 1.55 bits per heavy atom. The lowest BCUT2D eigenvalue weighted by Crippen LogP contribution is -2.23. The van der Waals surface area contributed by atoms with Crippen LogP contribution in [0.5, 0.6) is 0 Å². The van der Waals surface area contributed by atoms with E-state index in [0.29, 0.717) is 23.3 Å². The smallest absolute Gasteiger partial charge is 0.306 e. The number of hydrogen-bond acceptors (Lipinski definition) is 3. The van der Waals surface area contributed by atoms with Crippen molar-refractivity contribution >= 4 is 16.0 Å². The summed E-state index contributed by atoms with van der Waals surface area (Å²) >= 11 is 0. The van der Waals surface area contributed by atoms with Crippen molar-refractivity contribution in [2.24, 2.45) is 5.41 Å². The van der Waals surface area contributed by atoms with Gasteiger partial charge in [-0.15, -0.1) is 0 Å². The maximum Gasteiger partial charge on any atom is 0.310 e. The summed E-state index contributed by atoms with van der Waals surface area (Å²) in [5.74, 6) is -0.896. The van der Waals surface area contributed by atoms with Crippen LogP contribution in [-0.4, -0.2) is 15.8 Å². The first-order chi connectivity index (χ1) is 14.9. The van der Waals surface area contributed by atoms with Crippen LogP contribution in [0.25, 0.3) is 11.4 Å². The van der Waals surface area contributed by atoms with Crippen molar-refractivity contribution in [3.63, 3.8) is 0 Å². The first-order valence-electron chi connectivity index (χ1n) is 9.98. The Morgan fingerprint density at radius 3 is 2.06 bits per heavy atom. The Morgan fingerprint density at radius 1 is 0.970 bits per heavy atom. The summed E-state index contributed by atoms with van der Waals surface area (Å²) in [7, 11) is -9.79. The third kappa shape index (κ3) is 6.07. The molecule has 3 aromatic rings. The molecule has 2 aromatic carbocycles. The van der Waals surface area contributed by atoms with E-state index in [1.807, 2.05) is 0 Å². The minimum Gasteiger partial charge on any atom is -0.306 e. The van der Waals surface area contributed by atoms with E-state index in [9.17, 15) is 29.0 Å². The second-order valence-corrected chi connectivity index (χ2v) is 11.3. The van der Waals surface area contributed by atoms with Gasteiger partial charge in [-0.3, -0.25) is 9.59 Å². The van der Waals surface area contributed by atoms with Crippen molar-refractivity contribution in [1.82, 2.24) is 9.97 Å². The molecule has 0 saturated carbocycles. The molecule has 0 amide bonds. The number of hydrogen-bond donors (Lipinski definition) is 1. The average molecular weight is 487 g/mol. The minimum atomic E-state index is -9.79. The summed E-state index contributed by atoms with van der Waals surface area (Å²) < 4.78 is 65.3. The third-order valence-corrected chi connectivity index (χ3v) is 6.40. The predicted molar refractivity (Wildman–Crippen MR) is 119 cm³/mol. The zero-order valence-corrected chi connectivity index (χ0v) is 18.9. The van der Waals surface area contributed by atoms with Crippen molar-refractivity contribution in [3.8, 4) is 11.4 Å². The van der Waals surface area contributed by atoms with E-state index in [4.69, 9.17) is 0 Å². The monoisotopic (exact) mass is 486 g/mol. The van der Waals surface area contributed by atoms with Gasteiger partial charge in [0.1, 0.15) is 16.4 Å². The summed E-state index contributed by atoms with van der Waals surface area (Å²) in [4.78, 5) is 30.0. The Labute approximate surface area is 187 Å². The fourth-order valence-electron chi connectivity index (χ4n) is 3.50. The summed E-state index contributed by atoms with van der Waals surface area (Å²) in [6.45, 7) is 5.35. The summed E-state index contributed by atoms with van der Waals surface area (Å²) in [6, 6.07) is 12.4. The van der Waals surface area contributed by atoms with Gasteiger partial charge in [-0.2, -0.15) is 0 Å². The molecule has 3 rings (SSSR count). The van der Waals surface area contributed by atoms with Gasteiger partial charge in [0.15, 0.2) is 5.78 Å². The molecule has 0 aliphatic carbocycles. The van der Waals surface area contributed by atoms with E-state index in [2.05, 4.69) is 9.97 Å². The second kappa shape index (κ2) is 7.51.